The van der Waals surface area contributed by atoms with E-state index in [9.17, 15) is 9.90 Å². The number of aliphatic hydroxyl groups excluding tert-OH is 1. The molecule has 0 saturated heterocycles. The molecular weight excluding hydrogens is 324 g/mol. The van der Waals surface area contributed by atoms with Crippen LogP contribution in [0.2, 0.25) is 0 Å². The lowest BCUT2D eigenvalue weighted by Crippen LogP contribution is -2.37. The highest BCUT2D eigenvalue weighted by Gasteiger charge is 2.58. The number of hydrogen-bond acceptors (Lipinski definition) is 3. The van der Waals surface area contributed by atoms with Gasteiger partial charge >= 0.3 is 5.97 Å². The Morgan fingerprint density at radius 3 is 1.77 bits per heavy atom. The summed E-state index contributed by atoms with van der Waals surface area (Å²) in [5.74, 6) is 0.439. The van der Waals surface area contributed by atoms with Crippen molar-refractivity contribution in [1.29, 1.82) is 0 Å². The third-order valence-electron chi connectivity index (χ3n) is 5.44. The molecule has 1 aliphatic carbocycles. The lowest BCUT2D eigenvalue weighted by molar-refractivity contribution is -0.146. The molecule has 0 aliphatic heterocycles. The number of carbonyl (C=O) groups excluding carboxylic acids is 1. The van der Waals surface area contributed by atoms with E-state index in [2.05, 4.69) is 60.6 Å². The van der Waals surface area contributed by atoms with Gasteiger partial charge in [0.2, 0.25) is 0 Å². The van der Waals surface area contributed by atoms with Crippen LogP contribution in [-0.4, -0.2) is 17.2 Å². The number of hydrogen-bond donors (Lipinski definition) is 1. The van der Waals surface area contributed by atoms with Gasteiger partial charge in [0, 0.05) is 11.1 Å². The lowest BCUT2D eigenvalue weighted by Gasteiger charge is -2.31. The molecule has 0 amide bonds. The monoisotopic (exact) mass is 360 g/mol. The van der Waals surface area contributed by atoms with E-state index in [-0.39, 0.29) is 22.7 Å². The molecular formula is C23H36O3. The summed E-state index contributed by atoms with van der Waals surface area (Å²) in [5.41, 5.74) is 2.24. The van der Waals surface area contributed by atoms with Gasteiger partial charge in [-0.2, -0.15) is 0 Å². The second-order valence-electron chi connectivity index (χ2n) is 10.4. The van der Waals surface area contributed by atoms with Gasteiger partial charge in [-0.15, -0.1) is 0 Å². The van der Waals surface area contributed by atoms with Crippen LogP contribution < -0.4 is 4.74 Å². The molecule has 2 rings (SSSR count). The zero-order valence-electron chi connectivity index (χ0n) is 18.0. The molecule has 0 radical (unpaired) electrons. The molecule has 0 aromatic heterocycles. The zero-order valence-corrected chi connectivity index (χ0v) is 18.0. The fourth-order valence-corrected chi connectivity index (χ4v) is 3.59. The molecule has 1 aliphatic rings. The minimum absolute atomic E-state index is 0.0345. The van der Waals surface area contributed by atoms with E-state index in [0.717, 1.165) is 11.1 Å². The second kappa shape index (κ2) is 6.67. The average molecular weight is 361 g/mol. The molecule has 0 heterocycles. The van der Waals surface area contributed by atoms with E-state index in [1.54, 1.807) is 0 Å². The highest BCUT2D eigenvalue weighted by molar-refractivity contribution is 5.83. The summed E-state index contributed by atoms with van der Waals surface area (Å²) >= 11 is 0. The Hall–Kier alpha value is -1.35. The molecule has 1 aromatic carbocycles. The maximum atomic E-state index is 13.1. The molecule has 1 saturated carbocycles. The van der Waals surface area contributed by atoms with Crippen LogP contribution >= 0.6 is 0 Å². The van der Waals surface area contributed by atoms with E-state index < -0.39 is 11.5 Å². The molecule has 1 fully saturated rings. The van der Waals surface area contributed by atoms with E-state index in [1.807, 2.05) is 13.8 Å². The molecule has 3 heteroatoms. The number of rotatable bonds is 4. The number of benzene rings is 1. The van der Waals surface area contributed by atoms with Gasteiger partial charge in [0.25, 0.3) is 0 Å². The number of aliphatic hydroxyl groups is 1. The predicted molar refractivity (Wildman–Crippen MR) is 107 cm³/mol. The van der Waals surface area contributed by atoms with Crippen molar-refractivity contribution in [2.45, 2.75) is 92.1 Å². The first-order chi connectivity index (χ1) is 11.7. The predicted octanol–water partition coefficient (Wildman–Crippen LogP) is 5.29. The minimum Gasteiger partial charge on any atom is -0.425 e. The molecule has 26 heavy (non-hydrogen) atoms. The summed E-state index contributed by atoms with van der Waals surface area (Å²) in [4.78, 5) is 13.1. The summed E-state index contributed by atoms with van der Waals surface area (Å²) in [6.07, 6.45) is 0.746. The van der Waals surface area contributed by atoms with Gasteiger partial charge in [-0.3, -0.25) is 4.79 Å². The van der Waals surface area contributed by atoms with Crippen molar-refractivity contribution in [1.82, 2.24) is 0 Å². The van der Waals surface area contributed by atoms with Gasteiger partial charge in [-0.05, 0) is 36.5 Å². The van der Waals surface area contributed by atoms with Crippen LogP contribution in [0.5, 0.6) is 5.75 Å². The number of ether oxygens (including phenoxy) is 1. The molecule has 1 unspecified atom stereocenters. The highest BCUT2D eigenvalue weighted by Crippen LogP contribution is 2.52. The lowest BCUT2D eigenvalue weighted by atomic mass is 9.78. The Balaban J connectivity index is 2.53. The van der Waals surface area contributed by atoms with E-state index >= 15 is 0 Å². The Morgan fingerprint density at radius 2 is 1.46 bits per heavy atom. The summed E-state index contributed by atoms with van der Waals surface area (Å²) in [6, 6.07) is 4.24. The van der Waals surface area contributed by atoms with Crippen molar-refractivity contribution in [3.63, 3.8) is 0 Å². The molecule has 1 N–H and O–H groups in total. The third kappa shape index (κ3) is 3.98. The molecule has 0 bridgehead atoms. The topological polar surface area (TPSA) is 46.5 Å². The maximum Gasteiger partial charge on any atom is 0.320 e. The van der Waals surface area contributed by atoms with E-state index in [4.69, 9.17) is 4.74 Å². The summed E-state index contributed by atoms with van der Waals surface area (Å²) in [7, 11) is 0. The second-order valence-corrected chi connectivity index (χ2v) is 10.4. The molecule has 3 nitrogen and oxygen atoms in total. The number of aryl methyl sites for hydroxylation is 1. The highest BCUT2D eigenvalue weighted by atomic mass is 16.5. The Bertz CT molecular complexity index is 647. The van der Waals surface area contributed by atoms with Gasteiger partial charge in [0.15, 0.2) is 0 Å². The van der Waals surface area contributed by atoms with Crippen molar-refractivity contribution >= 4 is 5.97 Å². The number of esters is 1. The van der Waals surface area contributed by atoms with Crippen molar-refractivity contribution in [3.05, 3.63) is 28.8 Å². The van der Waals surface area contributed by atoms with E-state index in [1.165, 1.54) is 5.56 Å². The smallest absolute Gasteiger partial charge is 0.320 e. The molecule has 1 atom stereocenters. The fraction of sp³-hybridized carbons (Fsp3) is 0.696. The first kappa shape index (κ1) is 21.0. The van der Waals surface area contributed by atoms with Crippen molar-refractivity contribution in [2.24, 2.45) is 11.3 Å². The SMILES string of the molecule is Cc1cc(C(C)(C)C)c(OC(=O)C2(C(O)C(C)C)CC2)c(C(C)(C)C)c1. The first-order valence-electron chi connectivity index (χ1n) is 9.76. The quantitative estimate of drug-likeness (QED) is 0.586. The normalized spacial score (nSPS) is 18.0. The van der Waals surface area contributed by atoms with Crippen molar-refractivity contribution < 1.29 is 14.6 Å². The van der Waals surface area contributed by atoms with Crippen LogP contribution in [0.1, 0.15) is 84.9 Å². The van der Waals surface area contributed by atoms with Gasteiger partial charge in [-0.1, -0.05) is 73.1 Å². The summed E-state index contributed by atoms with van der Waals surface area (Å²) in [5, 5.41) is 10.6. The van der Waals surface area contributed by atoms with Gasteiger partial charge in [0.1, 0.15) is 5.75 Å². The van der Waals surface area contributed by atoms with Crippen LogP contribution in [0.15, 0.2) is 12.1 Å². The van der Waals surface area contributed by atoms with Crippen LogP contribution in [0.25, 0.3) is 0 Å². The standard InChI is InChI=1S/C23H36O3/c1-14(2)19(24)23(10-11-23)20(25)26-18-16(21(4,5)6)12-15(3)13-17(18)22(7,8)9/h12-14,19,24H,10-11H2,1-9H3. The minimum atomic E-state index is -0.733. The Kier molecular flexibility index (Phi) is 5.38. The van der Waals surface area contributed by atoms with Crippen LogP contribution in [0.4, 0.5) is 0 Å². The van der Waals surface area contributed by atoms with Gasteiger partial charge in [0.05, 0.1) is 11.5 Å². The van der Waals surface area contributed by atoms with Crippen molar-refractivity contribution in [3.8, 4) is 5.75 Å². The zero-order chi connectivity index (χ0) is 20.1. The van der Waals surface area contributed by atoms with E-state index in [0.29, 0.717) is 18.6 Å². The van der Waals surface area contributed by atoms with Crippen molar-refractivity contribution in [2.75, 3.05) is 0 Å². The largest absolute Gasteiger partial charge is 0.425 e. The van der Waals surface area contributed by atoms with Crippen LogP contribution in [0, 0.1) is 18.3 Å². The molecule has 0 spiro atoms. The maximum absolute atomic E-state index is 13.1. The van der Waals surface area contributed by atoms with Crippen LogP contribution in [0.3, 0.4) is 0 Å². The fourth-order valence-electron chi connectivity index (χ4n) is 3.59. The average Bonchev–Trinajstić information content (AvgIpc) is 3.27. The van der Waals surface area contributed by atoms with Crippen LogP contribution in [-0.2, 0) is 15.6 Å². The summed E-state index contributed by atoms with van der Waals surface area (Å²) in [6.45, 7) is 18.8. The van der Waals surface area contributed by atoms with Gasteiger partial charge < -0.3 is 9.84 Å². The molecule has 1 aromatic rings. The first-order valence-corrected chi connectivity index (χ1v) is 9.76. The Labute approximate surface area is 159 Å². The molecule has 146 valence electrons. The Morgan fingerprint density at radius 1 is 1.04 bits per heavy atom. The van der Waals surface area contributed by atoms with Gasteiger partial charge in [-0.25, -0.2) is 0 Å². The number of carbonyl (C=O) groups is 1. The third-order valence-corrected chi connectivity index (χ3v) is 5.44. The summed E-state index contributed by atoms with van der Waals surface area (Å²) < 4.78 is 6.08.